The Morgan fingerprint density at radius 3 is 2.52 bits per heavy atom. The summed E-state index contributed by atoms with van der Waals surface area (Å²) in [7, 11) is 0. The van der Waals surface area contributed by atoms with Crippen LogP contribution < -0.4 is 0 Å². The van der Waals surface area contributed by atoms with Gasteiger partial charge in [0.2, 0.25) is 0 Å². The van der Waals surface area contributed by atoms with Crippen molar-refractivity contribution in [3.8, 4) is 6.07 Å². The first-order valence-corrected chi connectivity index (χ1v) is 9.25. The van der Waals surface area contributed by atoms with E-state index < -0.39 is 0 Å². The molecule has 1 aliphatic carbocycles. The molecule has 0 saturated heterocycles. The molecule has 1 aliphatic rings. The first-order valence-electron chi connectivity index (χ1n) is 8.20. The van der Waals surface area contributed by atoms with Crippen molar-refractivity contribution >= 4 is 11.8 Å². The molecule has 0 radical (unpaired) electrons. The molecule has 3 atom stereocenters. The van der Waals surface area contributed by atoms with Crippen LogP contribution in [0, 0.1) is 37.0 Å². The SMILES string of the molecule is CCCC1CCC(C#N)C(SCc2cc(C)cc(C)c2)C1. The van der Waals surface area contributed by atoms with Gasteiger partial charge >= 0.3 is 0 Å². The lowest BCUT2D eigenvalue weighted by Crippen LogP contribution is -2.26. The van der Waals surface area contributed by atoms with Crippen LogP contribution in [-0.2, 0) is 5.75 Å². The molecule has 2 rings (SSSR count). The standard InChI is InChI=1S/C19H27NS/c1-4-5-16-6-7-18(12-20)19(11-16)21-13-17-9-14(2)8-15(3)10-17/h8-10,16,18-19H,4-7,11,13H2,1-3H3. The molecule has 1 aromatic rings. The minimum atomic E-state index is 0.258. The van der Waals surface area contributed by atoms with E-state index in [0.29, 0.717) is 5.25 Å². The molecule has 1 saturated carbocycles. The van der Waals surface area contributed by atoms with E-state index in [2.05, 4.69) is 45.0 Å². The van der Waals surface area contributed by atoms with Crippen molar-refractivity contribution in [2.75, 3.05) is 0 Å². The van der Waals surface area contributed by atoms with E-state index in [-0.39, 0.29) is 5.92 Å². The highest BCUT2D eigenvalue weighted by molar-refractivity contribution is 7.99. The summed E-state index contributed by atoms with van der Waals surface area (Å²) in [5.74, 6) is 2.15. The lowest BCUT2D eigenvalue weighted by molar-refractivity contribution is 0.307. The van der Waals surface area contributed by atoms with Crippen LogP contribution in [0.1, 0.15) is 55.7 Å². The van der Waals surface area contributed by atoms with Crippen molar-refractivity contribution in [3.63, 3.8) is 0 Å². The lowest BCUT2D eigenvalue weighted by atomic mass is 9.80. The molecule has 3 unspecified atom stereocenters. The van der Waals surface area contributed by atoms with Crippen LogP contribution in [0.2, 0.25) is 0 Å². The van der Waals surface area contributed by atoms with E-state index in [1.165, 1.54) is 42.4 Å². The van der Waals surface area contributed by atoms with Crippen LogP contribution >= 0.6 is 11.8 Å². The van der Waals surface area contributed by atoms with E-state index in [1.54, 1.807) is 0 Å². The second-order valence-electron chi connectivity index (χ2n) is 6.55. The molecule has 0 heterocycles. The third-order valence-corrected chi connectivity index (χ3v) is 5.96. The first-order chi connectivity index (χ1) is 10.1. The maximum Gasteiger partial charge on any atom is 0.0667 e. The van der Waals surface area contributed by atoms with Crippen LogP contribution in [0.4, 0.5) is 0 Å². The Hall–Kier alpha value is -0.940. The number of nitriles is 1. The molecule has 0 aliphatic heterocycles. The summed E-state index contributed by atoms with van der Waals surface area (Å²) in [6.45, 7) is 6.60. The number of thioether (sulfide) groups is 1. The molecule has 0 amide bonds. The Labute approximate surface area is 134 Å². The van der Waals surface area contributed by atoms with E-state index >= 15 is 0 Å². The predicted octanol–water partition coefficient (Wildman–Crippen LogP) is 5.65. The summed E-state index contributed by atoms with van der Waals surface area (Å²) in [5.41, 5.74) is 4.09. The molecule has 0 bridgehead atoms. The zero-order valence-corrected chi connectivity index (χ0v) is 14.4. The Bertz CT molecular complexity index is 483. The smallest absolute Gasteiger partial charge is 0.0667 e. The van der Waals surface area contributed by atoms with Gasteiger partial charge in [-0.3, -0.25) is 0 Å². The number of rotatable bonds is 5. The summed E-state index contributed by atoms with van der Waals surface area (Å²) in [6.07, 6.45) is 6.20. The Morgan fingerprint density at radius 1 is 1.19 bits per heavy atom. The third kappa shape index (κ3) is 4.78. The summed E-state index contributed by atoms with van der Waals surface area (Å²) >= 11 is 2.01. The quantitative estimate of drug-likeness (QED) is 0.702. The summed E-state index contributed by atoms with van der Waals surface area (Å²) < 4.78 is 0. The second-order valence-corrected chi connectivity index (χ2v) is 7.78. The van der Waals surface area contributed by atoms with Gasteiger partial charge in [-0.1, -0.05) is 49.1 Å². The van der Waals surface area contributed by atoms with Crippen molar-refractivity contribution in [1.29, 1.82) is 5.26 Å². The fourth-order valence-electron chi connectivity index (χ4n) is 3.57. The Morgan fingerprint density at radius 2 is 1.90 bits per heavy atom. The van der Waals surface area contributed by atoms with E-state index in [4.69, 9.17) is 0 Å². The van der Waals surface area contributed by atoms with Crippen LogP contribution in [-0.4, -0.2) is 5.25 Å². The molecular formula is C19H27NS. The molecule has 0 spiro atoms. The Balaban J connectivity index is 1.97. The molecule has 0 N–H and O–H groups in total. The molecule has 0 aromatic heterocycles. The molecule has 1 aromatic carbocycles. The van der Waals surface area contributed by atoms with Gasteiger partial charge in [-0.15, -0.1) is 0 Å². The maximum atomic E-state index is 9.40. The van der Waals surface area contributed by atoms with Gasteiger partial charge < -0.3 is 0 Å². The van der Waals surface area contributed by atoms with Gasteiger partial charge in [0.05, 0.1) is 12.0 Å². The van der Waals surface area contributed by atoms with Gasteiger partial charge in [0.15, 0.2) is 0 Å². The average molecular weight is 301 g/mol. The third-order valence-electron chi connectivity index (χ3n) is 4.51. The van der Waals surface area contributed by atoms with Crippen molar-refractivity contribution in [3.05, 3.63) is 34.9 Å². The van der Waals surface area contributed by atoms with E-state index in [9.17, 15) is 5.26 Å². The second kappa shape index (κ2) is 7.90. The zero-order valence-electron chi connectivity index (χ0n) is 13.6. The van der Waals surface area contributed by atoms with Gasteiger partial charge in [0.1, 0.15) is 0 Å². The number of nitrogens with zero attached hydrogens (tertiary/aromatic N) is 1. The summed E-state index contributed by atoms with van der Waals surface area (Å²) in [6, 6.07) is 9.35. The highest BCUT2D eigenvalue weighted by Crippen LogP contribution is 2.39. The normalized spacial score (nSPS) is 25.5. The minimum absolute atomic E-state index is 0.258. The van der Waals surface area contributed by atoms with Crippen molar-refractivity contribution in [1.82, 2.24) is 0 Å². The fourth-order valence-corrected chi connectivity index (χ4v) is 4.98. The van der Waals surface area contributed by atoms with Gasteiger partial charge in [-0.25, -0.2) is 0 Å². The number of hydrogen-bond donors (Lipinski definition) is 0. The fraction of sp³-hybridized carbons (Fsp3) is 0.632. The summed E-state index contributed by atoms with van der Waals surface area (Å²) in [5, 5.41) is 9.93. The number of benzene rings is 1. The molecule has 114 valence electrons. The number of aryl methyl sites for hydroxylation is 2. The highest BCUT2D eigenvalue weighted by atomic mass is 32.2. The topological polar surface area (TPSA) is 23.8 Å². The van der Waals surface area contributed by atoms with E-state index in [0.717, 1.165) is 18.1 Å². The molecule has 1 nitrogen and oxygen atoms in total. The largest absolute Gasteiger partial charge is 0.198 e. The lowest BCUT2D eigenvalue weighted by Gasteiger charge is -2.32. The molecule has 21 heavy (non-hydrogen) atoms. The van der Waals surface area contributed by atoms with Crippen molar-refractivity contribution in [2.45, 2.75) is 63.9 Å². The van der Waals surface area contributed by atoms with Gasteiger partial charge in [-0.05, 0) is 44.6 Å². The maximum absolute atomic E-state index is 9.40. The zero-order chi connectivity index (χ0) is 15.2. The van der Waals surface area contributed by atoms with Gasteiger partial charge in [0.25, 0.3) is 0 Å². The number of hydrogen-bond acceptors (Lipinski definition) is 2. The molecular weight excluding hydrogens is 274 g/mol. The molecule has 1 fully saturated rings. The van der Waals surface area contributed by atoms with Crippen molar-refractivity contribution < 1.29 is 0 Å². The van der Waals surface area contributed by atoms with Gasteiger partial charge in [-0.2, -0.15) is 17.0 Å². The predicted molar refractivity (Wildman–Crippen MR) is 92.4 cm³/mol. The average Bonchev–Trinajstić information content (AvgIpc) is 2.45. The van der Waals surface area contributed by atoms with Gasteiger partial charge in [0, 0.05) is 11.0 Å². The minimum Gasteiger partial charge on any atom is -0.198 e. The van der Waals surface area contributed by atoms with Crippen LogP contribution in [0.5, 0.6) is 0 Å². The van der Waals surface area contributed by atoms with Crippen LogP contribution in [0.25, 0.3) is 0 Å². The Kier molecular flexibility index (Phi) is 6.18. The summed E-state index contributed by atoms with van der Waals surface area (Å²) in [4.78, 5) is 0. The monoisotopic (exact) mass is 301 g/mol. The first kappa shape index (κ1) is 16.4. The van der Waals surface area contributed by atoms with Crippen molar-refractivity contribution in [2.24, 2.45) is 11.8 Å². The highest BCUT2D eigenvalue weighted by Gasteiger charge is 2.30. The van der Waals surface area contributed by atoms with Crippen LogP contribution in [0.3, 0.4) is 0 Å². The van der Waals surface area contributed by atoms with Crippen LogP contribution in [0.15, 0.2) is 18.2 Å². The van der Waals surface area contributed by atoms with E-state index in [1.807, 2.05) is 11.8 Å². The molecule has 2 heteroatoms.